The van der Waals surface area contributed by atoms with Crippen molar-refractivity contribution in [1.82, 2.24) is 14.7 Å². The second-order valence-electron chi connectivity index (χ2n) is 5.96. The van der Waals surface area contributed by atoms with Gasteiger partial charge in [0.2, 0.25) is 5.91 Å². The van der Waals surface area contributed by atoms with E-state index in [1.165, 1.54) is 21.2 Å². The summed E-state index contributed by atoms with van der Waals surface area (Å²) in [5.41, 5.74) is 1.97. The maximum Gasteiger partial charge on any atom is 0.267 e. The highest BCUT2D eigenvalue weighted by Crippen LogP contribution is 2.38. The first-order chi connectivity index (χ1) is 10.7. The number of fused-ring (bicyclic) bond motifs is 1. The first-order valence-corrected chi connectivity index (χ1v) is 8.50. The van der Waals surface area contributed by atoms with E-state index in [9.17, 15) is 9.59 Å². The molecule has 114 valence electrons. The Morgan fingerprint density at radius 1 is 1.32 bits per heavy atom. The summed E-state index contributed by atoms with van der Waals surface area (Å²) in [7, 11) is 0. The van der Waals surface area contributed by atoms with Gasteiger partial charge in [-0.25, -0.2) is 4.68 Å². The fourth-order valence-electron chi connectivity index (χ4n) is 2.86. The molecule has 0 atom stereocenters. The molecule has 2 aliphatic rings. The van der Waals surface area contributed by atoms with Crippen molar-refractivity contribution in [3.63, 3.8) is 0 Å². The smallest absolute Gasteiger partial charge is 0.267 e. The van der Waals surface area contributed by atoms with Crippen LogP contribution < -0.4 is 5.56 Å². The number of aromatic nitrogens is 2. The quantitative estimate of drug-likeness (QED) is 0.867. The molecule has 0 radical (unpaired) electrons. The first-order valence-electron chi connectivity index (χ1n) is 7.62. The van der Waals surface area contributed by atoms with Gasteiger partial charge in [-0.05, 0) is 42.3 Å². The molecular weight excluding hydrogens is 298 g/mol. The lowest BCUT2D eigenvalue weighted by Gasteiger charge is -2.27. The Kier molecular flexibility index (Phi) is 3.33. The van der Waals surface area contributed by atoms with Crippen molar-refractivity contribution in [2.24, 2.45) is 0 Å². The summed E-state index contributed by atoms with van der Waals surface area (Å²) in [5, 5.41) is 6.44. The van der Waals surface area contributed by atoms with Gasteiger partial charge in [0.15, 0.2) is 0 Å². The molecule has 0 bridgehead atoms. The third kappa shape index (κ3) is 2.59. The predicted octanol–water partition coefficient (Wildman–Crippen LogP) is 1.77. The van der Waals surface area contributed by atoms with Gasteiger partial charge in [0.25, 0.3) is 5.56 Å². The van der Waals surface area contributed by atoms with Crippen molar-refractivity contribution in [2.45, 2.75) is 38.3 Å². The molecular formula is C16H17N3O2S. The van der Waals surface area contributed by atoms with E-state index in [1.54, 1.807) is 17.4 Å². The van der Waals surface area contributed by atoms with Crippen molar-refractivity contribution in [3.05, 3.63) is 50.1 Å². The summed E-state index contributed by atoms with van der Waals surface area (Å²) >= 11 is 1.75. The Morgan fingerprint density at radius 3 is 3.00 bits per heavy atom. The topological polar surface area (TPSA) is 55.2 Å². The molecule has 22 heavy (non-hydrogen) atoms. The van der Waals surface area contributed by atoms with E-state index >= 15 is 0 Å². The molecule has 0 spiro atoms. The summed E-state index contributed by atoms with van der Waals surface area (Å²) < 4.78 is 1.32. The fraction of sp³-hybridized carbons (Fsp3) is 0.438. The zero-order chi connectivity index (χ0) is 15.1. The van der Waals surface area contributed by atoms with Crippen molar-refractivity contribution in [3.8, 4) is 0 Å². The molecule has 0 N–H and O–H groups in total. The molecule has 2 aromatic heterocycles. The molecule has 0 unspecified atom stereocenters. The van der Waals surface area contributed by atoms with E-state index in [1.807, 2.05) is 4.90 Å². The first kappa shape index (κ1) is 13.7. The fourth-order valence-corrected chi connectivity index (χ4v) is 3.75. The molecule has 6 heteroatoms. The Bertz CT molecular complexity index is 776. The van der Waals surface area contributed by atoms with Crippen LogP contribution in [0.3, 0.4) is 0 Å². The van der Waals surface area contributed by atoms with E-state index in [4.69, 9.17) is 0 Å². The van der Waals surface area contributed by atoms with E-state index in [-0.39, 0.29) is 18.0 Å². The number of nitrogens with zero attached hydrogens (tertiary/aromatic N) is 3. The number of hydrogen-bond acceptors (Lipinski definition) is 4. The van der Waals surface area contributed by atoms with Crippen LogP contribution in [0.15, 0.2) is 28.4 Å². The van der Waals surface area contributed by atoms with Gasteiger partial charge in [-0.15, -0.1) is 11.3 Å². The molecule has 1 saturated carbocycles. The van der Waals surface area contributed by atoms with Crippen LogP contribution in [0.2, 0.25) is 0 Å². The molecule has 2 aromatic rings. The van der Waals surface area contributed by atoms with E-state index in [0.29, 0.717) is 12.5 Å². The molecule has 1 amide bonds. The zero-order valence-electron chi connectivity index (χ0n) is 12.2. The second kappa shape index (κ2) is 5.35. The van der Waals surface area contributed by atoms with Crippen molar-refractivity contribution >= 4 is 17.2 Å². The van der Waals surface area contributed by atoms with Gasteiger partial charge in [-0.3, -0.25) is 9.59 Å². The zero-order valence-corrected chi connectivity index (χ0v) is 13.0. The van der Waals surface area contributed by atoms with Gasteiger partial charge in [0.1, 0.15) is 6.54 Å². The summed E-state index contributed by atoms with van der Waals surface area (Å²) in [5.74, 6) is 0.449. The van der Waals surface area contributed by atoms with Gasteiger partial charge in [0.05, 0.1) is 5.69 Å². The Morgan fingerprint density at radius 2 is 2.18 bits per heavy atom. The maximum atomic E-state index is 12.5. The minimum Gasteiger partial charge on any atom is -0.336 e. The molecule has 0 aromatic carbocycles. The van der Waals surface area contributed by atoms with Gasteiger partial charge in [0, 0.05) is 30.0 Å². The largest absolute Gasteiger partial charge is 0.336 e. The van der Waals surface area contributed by atoms with Crippen molar-refractivity contribution < 1.29 is 4.79 Å². The van der Waals surface area contributed by atoms with Crippen LogP contribution >= 0.6 is 11.3 Å². The molecule has 1 aliphatic carbocycles. The third-order valence-corrected chi connectivity index (χ3v) is 5.35. The van der Waals surface area contributed by atoms with Crippen LogP contribution in [0.25, 0.3) is 0 Å². The number of amides is 1. The summed E-state index contributed by atoms with van der Waals surface area (Å²) in [6, 6.07) is 5.40. The van der Waals surface area contributed by atoms with Gasteiger partial charge in [-0.1, -0.05) is 0 Å². The highest BCUT2D eigenvalue weighted by molar-refractivity contribution is 7.10. The van der Waals surface area contributed by atoms with Crippen LogP contribution in [0.5, 0.6) is 0 Å². The third-order valence-electron chi connectivity index (χ3n) is 4.33. The second-order valence-corrected chi connectivity index (χ2v) is 6.96. The lowest BCUT2D eigenvalue weighted by atomic mass is 10.1. The van der Waals surface area contributed by atoms with Crippen LogP contribution in [-0.2, 0) is 24.3 Å². The Hall–Kier alpha value is -1.95. The predicted molar refractivity (Wildman–Crippen MR) is 83.9 cm³/mol. The van der Waals surface area contributed by atoms with Gasteiger partial charge >= 0.3 is 0 Å². The number of carbonyl (C=O) groups is 1. The van der Waals surface area contributed by atoms with E-state index in [2.05, 4.69) is 16.5 Å². The van der Waals surface area contributed by atoms with Crippen molar-refractivity contribution in [2.75, 3.05) is 6.54 Å². The molecule has 3 heterocycles. The SMILES string of the molecule is O=C(Cn1nc(C2CC2)ccc1=O)N1CCc2sccc2C1. The van der Waals surface area contributed by atoms with Crippen molar-refractivity contribution in [1.29, 1.82) is 0 Å². The van der Waals surface area contributed by atoms with Gasteiger partial charge < -0.3 is 4.90 Å². The normalized spacial score (nSPS) is 17.4. The maximum absolute atomic E-state index is 12.5. The van der Waals surface area contributed by atoms with Crippen LogP contribution in [0.4, 0.5) is 0 Å². The van der Waals surface area contributed by atoms with Crippen LogP contribution in [0.1, 0.15) is 34.9 Å². The van der Waals surface area contributed by atoms with Crippen LogP contribution in [0, 0.1) is 0 Å². The molecule has 1 aliphatic heterocycles. The average Bonchev–Trinajstić information content (AvgIpc) is 3.26. The lowest BCUT2D eigenvalue weighted by Crippen LogP contribution is -2.40. The van der Waals surface area contributed by atoms with Gasteiger partial charge in [-0.2, -0.15) is 5.10 Å². The molecule has 0 saturated heterocycles. The minimum absolute atomic E-state index is 0.0283. The summed E-state index contributed by atoms with van der Waals surface area (Å²) in [4.78, 5) is 27.6. The number of hydrogen-bond donors (Lipinski definition) is 0. The molecule has 4 rings (SSSR count). The number of thiophene rings is 1. The summed E-state index contributed by atoms with van der Waals surface area (Å²) in [6.45, 7) is 1.41. The standard InChI is InChI=1S/C16H17N3O2S/c20-15-4-3-13(11-1-2-11)17-19(15)10-16(21)18-7-5-14-12(9-18)6-8-22-14/h3-4,6,8,11H,1-2,5,7,9-10H2. The van der Waals surface area contributed by atoms with E-state index in [0.717, 1.165) is 31.5 Å². The summed E-state index contributed by atoms with van der Waals surface area (Å²) in [6.07, 6.45) is 3.17. The molecule has 1 fully saturated rings. The monoisotopic (exact) mass is 315 g/mol. The Labute approximate surface area is 132 Å². The minimum atomic E-state index is -0.203. The van der Waals surface area contributed by atoms with E-state index < -0.39 is 0 Å². The highest BCUT2D eigenvalue weighted by Gasteiger charge is 2.26. The van der Waals surface area contributed by atoms with Crippen LogP contribution in [-0.4, -0.2) is 27.1 Å². The molecule has 5 nitrogen and oxygen atoms in total. The highest BCUT2D eigenvalue weighted by atomic mass is 32.1. The lowest BCUT2D eigenvalue weighted by molar-refractivity contribution is -0.133. The Balaban J connectivity index is 1.50. The number of carbonyl (C=O) groups excluding carboxylic acids is 1. The number of rotatable bonds is 3. The average molecular weight is 315 g/mol.